The second kappa shape index (κ2) is 10.1. The summed E-state index contributed by atoms with van der Waals surface area (Å²) in [6.45, 7) is 3.11. The van der Waals surface area contributed by atoms with E-state index in [9.17, 15) is 9.18 Å². The lowest BCUT2D eigenvalue weighted by atomic mass is 9.95. The Morgan fingerprint density at radius 2 is 1.75 bits per heavy atom. The zero-order chi connectivity index (χ0) is 19.9. The van der Waals surface area contributed by atoms with Gasteiger partial charge in [-0.25, -0.2) is 4.39 Å². The molecule has 1 fully saturated rings. The van der Waals surface area contributed by atoms with Gasteiger partial charge >= 0.3 is 0 Å². The fraction of sp³-hybridized carbons (Fsp3) is 0.381. The van der Waals surface area contributed by atoms with Crippen LogP contribution < -0.4 is 10.1 Å². The average Bonchev–Trinajstić information content (AvgIpc) is 2.70. The molecule has 4 nitrogen and oxygen atoms in total. The van der Waals surface area contributed by atoms with Gasteiger partial charge in [0.25, 0.3) is 0 Å². The Bertz CT molecular complexity index is 773. The van der Waals surface area contributed by atoms with E-state index in [0.29, 0.717) is 35.5 Å². The molecule has 0 atom stereocenters. The molecule has 1 saturated heterocycles. The molecular formula is C21H23Cl2FN2O2. The van der Waals surface area contributed by atoms with Crippen molar-refractivity contribution in [3.05, 3.63) is 63.9 Å². The van der Waals surface area contributed by atoms with Crippen molar-refractivity contribution in [2.24, 2.45) is 5.92 Å². The third-order valence-electron chi connectivity index (χ3n) is 4.89. The van der Waals surface area contributed by atoms with Crippen LogP contribution in [0, 0.1) is 11.7 Å². The lowest BCUT2D eigenvalue weighted by Gasteiger charge is -2.31. The Morgan fingerprint density at radius 1 is 1.11 bits per heavy atom. The van der Waals surface area contributed by atoms with Crippen LogP contribution in [0.25, 0.3) is 0 Å². The van der Waals surface area contributed by atoms with Gasteiger partial charge in [0.1, 0.15) is 18.2 Å². The second-order valence-corrected chi connectivity index (χ2v) is 7.66. The SMILES string of the molecule is O=C(NCCOc1ccc(F)cc1)C1CCN(Cc2c(Cl)cccc2Cl)CC1. The number of hydrogen-bond acceptors (Lipinski definition) is 3. The van der Waals surface area contributed by atoms with Crippen molar-refractivity contribution < 1.29 is 13.9 Å². The topological polar surface area (TPSA) is 41.6 Å². The van der Waals surface area contributed by atoms with Crippen LogP contribution in [0.1, 0.15) is 18.4 Å². The highest BCUT2D eigenvalue weighted by Gasteiger charge is 2.25. The summed E-state index contributed by atoms with van der Waals surface area (Å²) in [4.78, 5) is 14.6. The highest BCUT2D eigenvalue weighted by Crippen LogP contribution is 2.27. The normalized spacial score (nSPS) is 15.4. The highest BCUT2D eigenvalue weighted by molar-refractivity contribution is 6.35. The molecule has 0 aliphatic carbocycles. The Kier molecular flexibility index (Phi) is 7.54. The van der Waals surface area contributed by atoms with Crippen LogP contribution in [0.15, 0.2) is 42.5 Å². The highest BCUT2D eigenvalue weighted by atomic mass is 35.5. The van der Waals surface area contributed by atoms with Crippen LogP contribution >= 0.6 is 23.2 Å². The van der Waals surface area contributed by atoms with Crippen molar-refractivity contribution in [2.75, 3.05) is 26.2 Å². The van der Waals surface area contributed by atoms with Crippen LogP contribution in [0.4, 0.5) is 4.39 Å². The Labute approximate surface area is 174 Å². The van der Waals surface area contributed by atoms with E-state index >= 15 is 0 Å². The number of benzene rings is 2. The molecule has 1 heterocycles. The third kappa shape index (κ3) is 5.84. The van der Waals surface area contributed by atoms with Crippen LogP contribution in [0.3, 0.4) is 0 Å². The van der Waals surface area contributed by atoms with Crippen molar-refractivity contribution >= 4 is 29.1 Å². The van der Waals surface area contributed by atoms with E-state index in [1.807, 2.05) is 18.2 Å². The van der Waals surface area contributed by atoms with Crippen molar-refractivity contribution in [3.8, 4) is 5.75 Å². The monoisotopic (exact) mass is 424 g/mol. The zero-order valence-corrected chi connectivity index (χ0v) is 17.0. The third-order valence-corrected chi connectivity index (χ3v) is 5.59. The van der Waals surface area contributed by atoms with E-state index in [1.165, 1.54) is 12.1 Å². The number of carbonyl (C=O) groups is 1. The minimum absolute atomic E-state index is 0.00351. The Hall–Kier alpha value is -1.82. The number of amides is 1. The summed E-state index contributed by atoms with van der Waals surface area (Å²) in [7, 11) is 0. The molecule has 2 aromatic rings. The van der Waals surface area contributed by atoms with Gasteiger partial charge in [-0.3, -0.25) is 9.69 Å². The van der Waals surface area contributed by atoms with Crippen molar-refractivity contribution in [1.29, 1.82) is 0 Å². The van der Waals surface area contributed by atoms with E-state index in [2.05, 4.69) is 10.2 Å². The van der Waals surface area contributed by atoms with Gasteiger partial charge in [-0.05, 0) is 62.3 Å². The number of ether oxygens (including phenoxy) is 1. The molecule has 0 aromatic heterocycles. The van der Waals surface area contributed by atoms with Crippen LogP contribution in [0.2, 0.25) is 10.0 Å². The van der Waals surface area contributed by atoms with Gasteiger partial charge in [-0.15, -0.1) is 0 Å². The summed E-state index contributed by atoms with van der Waals surface area (Å²) in [5.41, 5.74) is 0.937. The summed E-state index contributed by atoms with van der Waals surface area (Å²) in [6.07, 6.45) is 1.60. The van der Waals surface area contributed by atoms with Gasteiger partial charge in [0.05, 0.1) is 6.54 Å². The number of piperidine rings is 1. The van der Waals surface area contributed by atoms with Crippen molar-refractivity contribution in [1.82, 2.24) is 10.2 Å². The molecule has 28 heavy (non-hydrogen) atoms. The minimum Gasteiger partial charge on any atom is -0.492 e. The molecule has 2 aromatic carbocycles. The molecule has 0 unspecified atom stereocenters. The standard InChI is InChI=1S/C21H23Cl2FN2O2/c22-19-2-1-3-20(23)18(19)14-26-11-8-15(9-12-26)21(27)25-10-13-28-17-6-4-16(24)5-7-17/h1-7,15H,8-14H2,(H,25,27). The van der Waals surface area contributed by atoms with Crippen molar-refractivity contribution in [2.45, 2.75) is 19.4 Å². The average molecular weight is 425 g/mol. The van der Waals surface area contributed by atoms with Gasteiger partial charge in [0.2, 0.25) is 5.91 Å². The summed E-state index contributed by atoms with van der Waals surface area (Å²) in [5, 5.41) is 4.27. The molecule has 1 amide bonds. The van der Waals surface area contributed by atoms with E-state index in [-0.39, 0.29) is 17.6 Å². The van der Waals surface area contributed by atoms with Crippen molar-refractivity contribution in [3.63, 3.8) is 0 Å². The fourth-order valence-corrected chi connectivity index (χ4v) is 3.80. The minimum atomic E-state index is -0.302. The first-order chi connectivity index (χ1) is 13.5. The molecule has 0 radical (unpaired) electrons. The first-order valence-electron chi connectivity index (χ1n) is 9.34. The van der Waals surface area contributed by atoms with Gasteiger partial charge in [-0.2, -0.15) is 0 Å². The number of nitrogens with one attached hydrogen (secondary N) is 1. The number of hydrogen-bond donors (Lipinski definition) is 1. The molecule has 3 rings (SSSR count). The fourth-order valence-electron chi connectivity index (χ4n) is 3.28. The Morgan fingerprint density at radius 3 is 2.39 bits per heavy atom. The molecule has 0 saturated carbocycles. The largest absolute Gasteiger partial charge is 0.492 e. The smallest absolute Gasteiger partial charge is 0.223 e. The molecule has 1 aliphatic rings. The lowest BCUT2D eigenvalue weighted by molar-refractivity contribution is -0.126. The molecule has 1 aliphatic heterocycles. The first kappa shape index (κ1) is 20.9. The predicted molar refractivity (Wildman–Crippen MR) is 109 cm³/mol. The molecule has 0 spiro atoms. The number of carbonyl (C=O) groups excluding carboxylic acids is 1. The summed E-state index contributed by atoms with van der Waals surface area (Å²) in [5.74, 6) is 0.341. The molecule has 150 valence electrons. The quantitative estimate of drug-likeness (QED) is 0.663. The number of rotatable bonds is 7. The van der Waals surface area contributed by atoms with Gasteiger partial charge < -0.3 is 10.1 Å². The van der Waals surface area contributed by atoms with E-state index < -0.39 is 0 Å². The van der Waals surface area contributed by atoms with Crippen LogP contribution in [-0.4, -0.2) is 37.0 Å². The number of likely N-dealkylation sites (tertiary alicyclic amines) is 1. The van der Waals surface area contributed by atoms with Gasteiger partial charge in [0, 0.05) is 28.1 Å². The maximum Gasteiger partial charge on any atom is 0.223 e. The second-order valence-electron chi connectivity index (χ2n) is 6.84. The molecule has 7 heteroatoms. The maximum atomic E-state index is 12.8. The maximum absolute atomic E-state index is 12.8. The van der Waals surface area contributed by atoms with E-state index in [4.69, 9.17) is 27.9 Å². The van der Waals surface area contributed by atoms with Gasteiger partial charge in [0.15, 0.2) is 0 Å². The number of halogens is 3. The van der Waals surface area contributed by atoms with E-state index in [1.54, 1.807) is 12.1 Å². The van der Waals surface area contributed by atoms with Crippen LogP contribution in [0.5, 0.6) is 5.75 Å². The molecule has 0 bridgehead atoms. The summed E-state index contributed by atoms with van der Waals surface area (Å²) >= 11 is 12.5. The van der Waals surface area contributed by atoms with E-state index in [0.717, 1.165) is 31.5 Å². The molecule has 1 N–H and O–H groups in total. The van der Waals surface area contributed by atoms with Crippen LogP contribution in [-0.2, 0) is 11.3 Å². The predicted octanol–water partition coefficient (Wildman–Crippen LogP) is 4.54. The first-order valence-corrected chi connectivity index (χ1v) is 10.1. The van der Waals surface area contributed by atoms with Gasteiger partial charge in [-0.1, -0.05) is 29.3 Å². The summed E-state index contributed by atoms with van der Waals surface area (Å²) < 4.78 is 18.3. The molecular weight excluding hydrogens is 402 g/mol. The number of nitrogens with zero attached hydrogens (tertiary/aromatic N) is 1. The lowest BCUT2D eigenvalue weighted by Crippen LogP contribution is -2.41. The summed E-state index contributed by atoms with van der Waals surface area (Å²) in [6, 6.07) is 11.4. The Balaban J connectivity index is 1.37. The zero-order valence-electron chi connectivity index (χ0n) is 15.5.